The van der Waals surface area contributed by atoms with E-state index in [9.17, 15) is 14.5 Å². The zero-order valence-corrected chi connectivity index (χ0v) is 11.1. The lowest BCUT2D eigenvalue weighted by atomic mass is 10.2. The number of nitrogens with one attached hydrogen (secondary N) is 1. The van der Waals surface area contributed by atoms with E-state index >= 15 is 0 Å². The van der Waals surface area contributed by atoms with Gasteiger partial charge in [-0.15, -0.1) is 0 Å². The second kappa shape index (κ2) is 5.23. The predicted molar refractivity (Wildman–Crippen MR) is 74.9 cm³/mol. The molecule has 0 heterocycles. The van der Waals surface area contributed by atoms with Gasteiger partial charge in [0, 0.05) is 4.47 Å². The molecule has 0 saturated heterocycles. The summed E-state index contributed by atoms with van der Waals surface area (Å²) in [6.45, 7) is 0. The number of para-hydroxylation sites is 1. The van der Waals surface area contributed by atoms with E-state index in [1.807, 2.05) is 0 Å². The third-order valence-corrected chi connectivity index (χ3v) is 3.11. The highest BCUT2D eigenvalue weighted by Crippen LogP contribution is 2.34. The number of nitrogens with two attached hydrogens (primary N) is 1. The summed E-state index contributed by atoms with van der Waals surface area (Å²) in [6.07, 6.45) is 0. The molecule has 0 atom stereocenters. The number of halogens is 2. The van der Waals surface area contributed by atoms with Gasteiger partial charge in [-0.3, -0.25) is 10.1 Å². The van der Waals surface area contributed by atoms with Crippen molar-refractivity contribution < 1.29 is 9.31 Å². The van der Waals surface area contributed by atoms with Crippen LogP contribution in [0, 0.1) is 15.9 Å². The molecule has 0 fully saturated rings. The molecule has 98 valence electrons. The molecule has 0 amide bonds. The Hall–Kier alpha value is -2.15. The van der Waals surface area contributed by atoms with Crippen LogP contribution in [-0.2, 0) is 0 Å². The summed E-state index contributed by atoms with van der Waals surface area (Å²) in [4.78, 5) is 10.4. The quantitative estimate of drug-likeness (QED) is 0.510. The highest BCUT2D eigenvalue weighted by atomic mass is 79.9. The monoisotopic (exact) mass is 325 g/mol. The molecular weight excluding hydrogens is 317 g/mol. The van der Waals surface area contributed by atoms with Crippen molar-refractivity contribution in [3.8, 4) is 0 Å². The highest BCUT2D eigenvalue weighted by molar-refractivity contribution is 9.10. The maximum absolute atomic E-state index is 13.0. The van der Waals surface area contributed by atoms with Gasteiger partial charge in [-0.25, -0.2) is 4.39 Å². The van der Waals surface area contributed by atoms with Crippen molar-refractivity contribution >= 4 is 38.7 Å². The van der Waals surface area contributed by atoms with Gasteiger partial charge in [0.05, 0.1) is 10.6 Å². The first kappa shape index (κ1) is 13.3. The van der Waals surface area contributed by atoms with Crippen LogP contribution in [0.1, 0.15) is 0 Å². The lowest BCUT2D eigenvalue weighted by molar-refractivity contribution is -0.383. The maximum Gasteiger partial charge on any atom is 0.315 e. The maximum atomic E-state index is 13.0. The van der Waals surface area contributed by atoms with Gasteiger partial charge in [-0.2, -0.15) is 0 Å². The molecule has 0 aliphatic rings. The fourth-order valence-corrected chi connectivity index (χ4v) is 2.05. The van der Waals surface area contributed by atoms with Crippen LogP contribution in [0.5, 0.6) is 0 Å². The van der Waals surface area contributed by atoms with E-state index in [1.54, 1.807) is 6.07 Å². The Labute approximate surface area is 116 Å². The fourth-order valence-electron chi connectivity index (χ4n) is 1.60. The van der Waals surface area contributed by atoms with Gasteiger partial charge in [-0.05, 0) is 46.3 Å². The van der Waals surface area contributed by atoms with Crippen LogP contribution >= 0.6 is 15.9 Å². The number of nitrogen functional groups attached to an aromatic ring is 1. The lowest BCUT2D eigenvalue weighted by Crippen LogP contribution is -2.01. The third-order valence-electron chi connectivity index (χ3n) is 2.45. The smallest absolute Gasteiger partial charge is 0.315 e. The summed E-state index contributed by atoms with van der Waals surface area (Å²) in [5.41, 5.74) is 6.20. The highest BCUT2D eigenvalue weighted by Gasteiger charge is 2.18. The average molecular weight is 326 g/mol. The molecule has 2 rings (SSSR count). The molecule has 0 bridgehead atoms. The van der Waals surface area contributed by atoms with E-state index in [0.29, 0.717) is 10.2 Å². The number of nitro groups is 1. The van der Waals surface area contributed by atoms with Crippen molar-refractivity contribution in [2.24, 2.45) is 0 Å². The molecule has 0 aliphatic carbocycles. The van der Waals surface area contributed by atoms with Crippen LogP contribution in [0.4, 0.5) is 27.1 Å². The summed E-state index contributed by atoms with van der Waals surface area (Å²) >= 11 is 3.18. The van der Waals surface area contributed by atoms with Gasteiger partial charge < -0.3 is 11.1 Å². The predicted octanol–water partition coefficient (Wildman–Crippen LogP) is 3.82. The zero-order valence-electron chi connectivity index (χ0n) is 9.56. The molecule has 0 aromatic heterocycles. The molecule has 0 radical (unpaired) electrons. The molecule has 0 unspecified atom stereocenters. The summed E-state index contributed by atoms with van der Waals surface area (Å²) in [7, 11) is 0. The number of nitrogens with zero attached hydrogens (tertiary/aromatic N) is 1. The number of nitro benzene ring substituents is 1. The molecule has 0 spiro atoms. The van der Waals surface area contributed by atoms with Crippen molar-refractivity contribution in [2.45, 2.75) is 0 Å². The normalized spacial score (nSPS) is 10.2. The van der Waals surface area contributed by atoms with Crippen LogP contribution in [-0.4, -0.2) is 4.92 Å². The Morgan fingerprint density at radius 3 is 2.63 bits per heavy atom. The van der Waals surface area contributed by atoms with Crippen LogP contribution < -0.4 is 11.1 Å². The molecule has 5 nitrogen and oxygen atoms in total. The van der Waals surface area contributed by atoms with Crippen LogP contribution in [0.25, 0.3) is 0 Å². The van der Waals surface area contributed by atoms with Gasteiger partial charge in [0.15, 0.2) is 0 Å². The first-order chi connectivity index (χ1) is 8.99. The lowest BCUT2D eigenvalue weighted by Gasteiger charge is -2.10. The van der Waals surface area contributed by atoms with E-state index in [-0.39, 0.29) is 17.1 Å². The van der Waals surface area contributed by atoms with E-state index in [1.165, 1.54) is 30.3 Å². The topological polar surface area (TPSA) is 81.2 Å². The van der Waals surface area contributed by atoms with Gasteiger partial charge in [-0.1, -0.05) is 6.07 Å². The Morgan fingerprint density at radius 1 is 1.26 bits per heavy atom. The van der Waals surface area contributed by atoms with Gasteiger partial charge in [0.25, 0.3) is 0 Å². The molecule has 3 N–H and O–H groups in total. The third kappa shape index (κ3) is 2.82. The van der Waals surface area contributed by atoms with Gasteiger partial charge in [0.1, 0.15) is 17.2 Å². The van der Waals surface area contributed by atoms with Crippen molar-refractivity contribution in [3.63, 3.8) is 0 Å². The number of rotatable bonds is 3. The molecular formula is C12H9BrFN3O2. The Kier molecular flexibility index (Phi) is 3.66. The SMILES string of the molecule is Nc1cccc(Nc2ccc(F)cc2Br)c1[N+](=O)[O-]. The minimum absolute atomic E-state index is 0.0632. The van der Waals surface area contributed by atoms with E-state index in [2.05, 4.69) is 21.2 Å². The molecule has 0 saturated carbocycles. The van der Waals surface area contributed by atoms with E-state index in [0.717, 1.165) is 0 Å². The first-order valence-electron chi connectivity index (χ1n) is 5.24. The van der Waals surface area contributed by atoms with E-state index in [4.69, 9.17) is 5.73 Å². The average Bonchev–Trinajstić information content (AvgIpc) is 2.32. The molecule has 7 heteroatoms. The van der Waals surface area contributed by atoms with Crippen LogP contribution in [0.2, 0.25) is 0 Å². The summed E-state index contributed by atoms with van der Waals surface area (Å²) in [5.74, 6) is -0.403. The van der Waals surface area contributed by atoms with Crippen LogP contribution in [0.3, 0.4) is 0 Å². The molecule has 2 aromatic carbocycles. The Morgan fingerprint density at radius 2 is 2.00 bits per heavy atom. The van der Waals surface area contributed by atoms with Crippen molar-refractivity contribution in [3.05, 3.63) is 56.8 Å². The molecule has 19 heavy (non-hydrogen) atoms. The van der Waals surface area contributed by atoms with Gasteiger partial charge in [0.2, 0.25) is 0 Å². The summed E-state index contributed by atoms with van der Waals surface area (Å²) < 4.78 is 13.4. The number of hydrogen-bond acceptors (Lipinski definition) is 4. The Balaban J connectivity index is 2.44. The zero-order chi connectivity index (χ0) is 14.0. The number of benzene rings is 2. The number of hydrogen-bond donors (Lipinski definition) is 2. The minimum Gasteiger partial charge on any atom is -0.393 e. The number of anilines is 3. The Bertz CT molecular complexity index is 649. The van der Waals surface area contributed by atoms with E-state index < -0.39 is 10.7 Å². The second-order valence-electron chi connectivity index (χ2n) is 3.75. The van der Waals surface area contributed by atoms with Crippen molar-refractivity contribution in [1.29, 1.82) is 0 Å². The second-order valence-corrected chi connectivity index (χ2v) is 4.60. The summed E-state index contributed by atoms with van der Waals surface area (Å²) in [5, 5.41) is 13.8. The fraction of sp³-hybridized carbons (Fsp3) is 0. The largest absolute Gasteiger partial charge is 0.393 e. The minimum atomic E-state index is -0.560. The van der Waals surface area contributed by atoms with Crippen molar-refractivity contribution in [1.82, 2.24) is 0 Å². The van der Waals surface area contributed by atoms with Crippen LogP contribution in [0.15, 0.2) is 40.9 Å². The van der Waals surface area contributed by atoms with Gasteiger partial charge >= 0.3 is 5.69 Å². The van der Waals surface area contributed by atoms with Crippen molar-refractivity contribution in [2.75, 3.05) is 11.1 Å². The summed E-state index contributed by atoms with van der Waals surface area (Å²) in [6, 6.07) is 8.58. The standard InChI is InChI=1S/C12H9BrFN3O2/c13-8-6-7(14)4-5-10(8)16-11-3-1-2-9(15)12(11)17(18)19/h1-6,16H,15H2. The molecule has 0 aliphatic heterocycles. The molecule has 2 aromatic rings. The first-order valence-corrected chi connectivity index (χ1v) is 6.03.